The molecule has 0 aliphatic heterocycles. The van der Waals surface area contributed by atoms with Gasteiger partial charge in [0.2, 0.25) is 5.13 Å². The van der Waals surface area contributed by atoms with Crippen molar-refractivity contribution in [1.82, 2.24) is 9.36 Å². The van der Waals surface area contributed by atoms with Crippen LogP contribution < -0.4 is 10.6 Å². The van der Waals surface area contributed by atoms with Crippen molar-refractivity contribution in [2.75, 3.05) is 18.0 Å². The van der Waals surface area contributed by atoms with E-state index in [9.17, 15) is 0 Å². The van der Waals surface area contributed by atoms with Gasteiger partial charge in [0.15, 0.2) is 0 Å². The lowest BCUT2D eigenvalue weighted by molar-refractivity contribution is 0.679. The van der Waals surface area contributed by atoms with Crippen molar-refractivity contribution in [3.05, 3.63) is 5.82 Å². The molecule has 0 aliphatic rings. The standard InChI is InChI=1S/C10H20N4S/c1-4-5-9-12-10(15-13-9)14(7-6-11)8(2)3/h8H,4-7,11H2,1-3H3. The molecule has 0 unspecified atom stereocenters. The Morgan fingerprint density at radius 3 is 2.73 bits per heavy atom. The zero-order valence-electron chi connectivity index (χ0n) is 9.73. The summed E-state index contributed by atoms with van der Waals surface area (Å²) >= 11 is 1.48. The van der Waals surface area contributed by atoms with E-state index in [1.54, 1.807) is 0 Å². The molecule has 0 aromatic carbocycles. The number of hydrogen-bond acceptors (Lipinski definition) is 5. The van der Waals surface area contributed by atoms with Crippen LogP contribution in [0.1, 0.15) is 33.0 Å². The molecule has 0 radical (unpaired) electrons. The first-order valence-electron chi connectivity index (χ1n) is 5.48. The molecule has 2 N–H and O–H groups in total. The van der Waals surface area contributed by atoms with Gasteiger partial charge in [-0.25, -0.2) is 4.98 Å². The highest BCUT2D eigenvalue weighted by atomic mass is 32.1. The van der Waals surface area contributed by atoms with Crippen LogP contribution in [-0.4, -0.2) is 28.5 Å². The average Bonchev–Trinajstić information content (AvgIpc) is 2.62. The maximum Gasteiger partial charge on any atom is 0.205 e. The first kappa shape index (κ1) is 12.4. The van der Waals surface area contributed by atoms with E-state index in [0.29, 0.717) is 12.6 Å². The molecule has 15 heavy (non-hydrogen) atoms. The number of nitrogens with zero attached hydrogens (tertiary/aromatic N) is 3. The molecule has 0 atom stereocenters. The van der Waals surface area contributed by atoms with Gasteiger partial charge >= 0.3 is 0 Å². The maximum absolute atomic E-state index is 5.58. The van der Waals surface area contributed by atoms with Gasteiger partial charge in [-0.1, -0.05) is 6.92 Å². The number of aromatic nitrogens is 2. The van der Waals surface area contributed by atoms with Crippen LogP contribution in [0.2, 0.25) is 0 Å². The summed E-state index contributed by atoms with van der Waals surface area (Å²) < 4.78 is 4.34. The Bertz CT molecular complexity index is 285. The van der Waals surface area contributed by atoms with Crippen LogP contribution in [-0.2, 0) is 6.42 Å². The summed E-state index contributed by atoms with van der Waals surface area (Å²) in [5.74, 6) is 0.958. The fourth-order valence-electron chi connectivity index (χ4n) is 1.40. The van der Waals surface area contributed by atoms with Crippen LogP contribution in [0, 0.1) is 0 Å². The Kier molecular flexibility index (Phi) is 4.98. The molecule has 0 bridgehead atoms. The van der Waals surface area contributed by atoms with Gasteiger partial charge in [-0.15, -0.1) is 0 Å². The summed E-state index contributed by atoms with van der Waals surface area (Å²) in [5, 5.41) is 0.999. The predicted molar refractivity (Wildman–Crippen MR) is 65.4 cm³/mol. The summed E-state index contributed by atoms with van der Waals surface area (Å²) in [4.78, 5) is 6.72. The van der Waals surface area contributed by atoms with E-state index in [4.69, 9.17) is 5.73 Å². The molecular weight excluding hydrogens is 208 g/mol. The smallest absolute Gasteiger partial charge is 0.205 e. The Morgan fingerprint density at radius 1 is 1.47 bits per heavy atom. The Balaban J connectivity index is 2.72. The first-order chi connectivity index (χ1) is 7.19. The minimum absolute atomic E-state index is 0.427. The van der Waals surface area contributed by atoms with Crippen molar-refractivity contribution < 1.29 is 0 Å². The van der Waals surface area contributed by atoms with Crippen molar-refractivity contribution in [2.45, 2.75) is 39.7 Å². The van der Waals surface area contributed by atoms with Crippen LogP contribution in [0.3, 0.4) is 0 Å². The summed E-state index contributed by atoms with van der Waals surface area (Å²) in [5.41, 5.74) is 5.58. The molecule has 0 aliphatic carbocycles. The second-order valence-electron chi connectivity index (χ2n) is 3.82. The largest absolute Gasteiger partial charge is 0.343 e. The van der Waals surface area contributed by atoms with Crippen LogP contribution in [0.25, 0.3) is 0 Å². The van der Waals surface area contributed by atoms with Crippen molar-refractivity contribution in [1.29, 1.82) is 0 Å². The van der Waals surface area contributed by atoms with E-state index < -0.39 is 0 Å². The van der Waals surface area contributed by atoms with Crippen LogP contribution >= 0.6 is 11.5 Å². The van der Waals surface area contributed by atoms with Crippen molar-refractivity contribution in [2.24, 2.45) is 5.73 Å². The first-order valence-corrected chi connectivity index (χ1v) is 6.25. The van der Waals surface area contributed by atoms with Crippen LogP contribution in [0.4, 0.5) is 5.13 Å². The second kappa shape index (κ2) is 6.02. The van der Waals surface area contributed by atoms with Gasteiger partial charge in [0.1, 0.15) is 5.82 Å². The highest BCUT2D eigenvalue weighted by molar-refractivity contribution is 7.09. The molecule has 1 heterocycles. The predicted octanol–water partition coefficient (Wildman–Crippen LogP) is 1.66. The number of nitrogens with two attached hydrogens (primary N) is 1. The zero-order chi connectivity index (χ0) is 11.3. The van der Waals surface area contributed by atoms with E-state index in [1.807, 2.05) is 0 Å². The molecule has 1 aromatic rings. The topological polar surface area (TPSA) is 55.0 Å². The van der Waals surface area contributed by atoms with E-state index in [2.05, 4.69) is 35.0 Å². The third-order valence-corrected chi connectivity index (χ3v) is 2.96. The lowest BCUT2D eigenvalue weighted by Gasteiger charge is -2.24. The van der Waals surface area contributed by atoms with E-state index in [1.165, 1.54) is 11.5 Å². The molecule has 0 spiro atoms. The van der Waals surface area contributed by atoms with Crippen molar-refractivity contribution >= 4 is 16.7 Å². The third-order valence-electron chi connectivity index (χ3n) is 2.17. The lowest BCUT2D eigenvalue weighted by Crippen LogP contribution is -2.35. The Labute approximate surface area is 95.7 Å². The molecule has 1 aromatic heterocycles. The molecule has 0 amide bonds. The normalized spacial score (nSPS) is 11.0. The monoisotopic (exact) mass is 228 g/mol. The van der Waals surface area contributed by atoms with Crippen molar-refractivity contribution in [3.63, 3.8) is 0 Å². The fourth-order valence-corrected chi connectivity index (χ4v) is 2.27. The summed E-state index contributed by atoms with van der Waals surface area (Å²) in [7, 11) is 0. The second-order valence-corrected chi connectivity index (χ2v) is 4.55. The third kappa shape index (κ3) is 3.43. The fraction of sp³-hybridized carbons (Fsp3) is 0.800. The summed E-state index contributed by atoms with van der Waals surface area (Å²) in [6.07, 6.45) is 2.06. The SMILES string of the molecule is CCCc1nsc(N(CCN)C(C)C)n1. The zero-order valence-corrected chi connectivity index (χ0v) is 10.5. The van der Waals surface area contributed by atoms with Crippen molar-refractivity contribution in [3.8, 4) is 0 Å². The molecule has 1 rings (SSSR count). The number of aryl methyl sites for hydroxylation is 1. The van der Waals surface area contributed by atoms with Gasteiger partial charge in [0, 0.05) is 37.1 Å². The molecular formula is C10H20N4S. The van der Waals surface area contributed by atoms with Gasteiger partial charge in [0.25, 0.3) is 0 Å². The lowest BCUT2D eigenvalue weighted by atomic mass is 10.3. The summed E-state index contributed by atoms with van der Waals surface area (Å²) in [6.45, 7) is 7.94. The van der Waals surface area contributed by atoms with Gasteiger partial charge in [-0.05, 0) is 20.3 Å². The van der Waals surface area contributed by atoms with Gasteiger partial charge in [0.05, 0.1) is 0 Å². The van der Waals surface area contributed by atoms with E-state index in [0.717, 1.165) is 30.3 Å². The van der Waals surface area contributed by atoms with Gasteiger partial charge in [-0.3, -0.25) is 0 Å². The highest BCUT2D eigenvalue weighted by Crippen LogP contribution is 2.19. The van der Waals surface area contributed by atoms with E-state index in [-0.39, 0.29) is 0 Å². The van der Waals surface area contributed by atoms with Crippen LogP contribution in [0.15, 0.2) is 0 Å². The quantitative estimate of drug-likeness (QED) is 0.804. The Morgan fingerprint density at radius 2 is 2.20 bits per heavy atom. The molecule has 4 nitrogen and oxygen atoms in total. The summed E-state index contributed by atoms with van der Waals surface area (Å²) in [6, 6.07) is 0.427. The maximum atomic E-state index is 5.58. The van der Waals surface area contributed by atoms with Gasteiger partial charge < -0.3 is 10.6 Å². The molecule has 0 fully saturated rings. The van der Waals surface area contributed by atoms with Gasteiger partial charge in [-0.2, -0.15) is 4.37 Å². The Hall–Kier alpha value is -0.680. The molecule has 0 saturated heterocycles. The highest BCUT2D eigenvalue weighted by Gasteiger charge is 2.14. The average molecular weight is 228 g/mol. The number of hydrogen-bond donors (Lipinski definition) is 1. The molecule has 5 heteroatoms. The molecule has 0 saturated carbocycles. The van der Waals surface area contributed by atoms with Crippen LogP contribution in [0.5, 0.6) is 0 Å². The minimum Gasteiger partial charge on any atom is -0.343 e. The number of anilines is 1. The number of rotatable bonds is 6. The minimum atomic E-state index is 0.427. The molecule has 86 valence electrons. The van der Waals surface area contributed by atoms with E-state index >= 15 is 0 Å².